The Balaban J connectivity index is 1.21. The molecule has 1 aliphatic carbocycles. The average molecular weight is 509 g/mol. The topological polar surface area (TPSA) is 55.7 Å². The molecular weight excluding hydrogens is 476 g/mol. The van der Waals surface area contributed by atoms with Crippen LogP contribution in [0.15, 0.2) is 84.0 Å². The number of fused-ring (bicyclic) bond motifs is 1. The summed E-state index contributed by atoms with van der Waals surface area (Å²) in [7, 11) is 0. The first-order valence-electron chi connectivity index (χ1n) is 13.2. The van der Waals surface area contributed by atoms with Crippen LogP contribution in [0.4, 0.5) is 0 Å². The molecule has 1 aliphatic rings. The minimum absolute atomic E-state index is 0.358. The zero-order valence-electron chi connectivity index (χ0n) is 21.2. The molecule has 0 amide bonds. The molecule has 0 saturated heterocycles. The van der Waals surface area contributed by atoms with Gasteiger partial charge < -0.3 is 9.72 Å². The molecule has 0 atom stereocenters. The van der Waals surface area contributed by atoms with Crippen LogP contribution in [0.25, 0.3) is 16.6 Å². The van der Waals surface area contributed by atoms with Gasteiger partial charge in [0, 0.05) is 28.0 Å². The van der Waals surface area contributed by atoms with E-state index in [2.05, 4.69) is 87.3 Å². The van der Waals surface area contributed by atoms with E-state index >= 15 is 0 Å². The highest BCUT2D eigenvalue weighted by molar-refractivity contribution is 7.98. The molecule has 0 aliphatic heterocycles. The summed E-state index contributed by atoms with van der Waals surface area (Å²) in [6.45, 7) is 2.49. The second kappa shape index (κ2) is 10.9. The first-order chi connectivity index (χ1) is 18.3. The van der Waals surface area contributed by atoms with Crippen LogP contribution in [-0.2, 0) is 12.4 Å². The third-order valence-electron chi connectivity index (χ3n) is 7.41. The Kier molecular flexibility index (Phi) is 7.00. The zero-order valence-corrected chi connectivity index (χ0v) is 22.0. The number of aryl methyl sites for hydroxylation is 1. The van der Waals surface area contributed by atoms with Crippen LogP contribution in [0.1, 0.15) is 60.7 Å². The molecule has 2 aromatic heterocycles. The molecule has 0 radical (unpaired) electrons. The molecule has 1 N–H and O–H groups in total. The van der Waals surface area contributed by atoms with Crippen LogP contribution < -0.4 is 4.74 Å². The van der Waals surface area contributed by atoms with Gasteiger partial charge in [0.15, 0.2) is 11.0 Å². The summed E-state index contributed by atoms with van der Waals surface area (Å²) in [5.74, 6) is 3.17. The van der Waals surface area contributed by atoms with Crippen LogP contribution in [0, 0.1) is 6.92 Å². The van der Waals surface area contributed by atoms with Crippen molar-refractivity contribution in [3.63, 3.8) is 0 Å². The molecule has 2 heterocycles. The van der Waals surface area contributed by atoms with E-state index in [4.69, 9.17) is 4.74 Å². The quantitative estimate of drug-likeness (QED) is 0.216. The molecule has 0 spiro atoms. The van der Waals surface area contributed by atoms with Crippen LogP contribution >= 0.6 is 11.8 Å². The van der Waals surface area contributed by atoms with Gasteiger partial charge in [0.05, 0.1) is 0 Å². The summed E-state index contributed by atoms with van der Waals surface area (Å²) in [6.07, 6.45) is 6.68. The lowest BCUT2D eigenvalue weighted by Crippen LogP contribution is -2.07. The summed E-state index contributed by atoms with van der Waals surface area (Å²) in [5, 5.41) is 11.2. The van der Waals surface area contributed by atoms with E-state index in [1.165, 1.54) is 59.8 Å². The van der Waals surface area contributed by atoms with Gasteiger partial charge in [-0.1, -0.05) is 79.6 Å². The summed E-state index contributed by atoms with van der Waals surface area (Å²) < 4.78 is 8.32. The molecule has 3 aromatic carbocycles. The van der Waals surface area contributed by atoms with Crippen molar-refractivity contribution in [2.75, 3.05) is 0 Å². The number of ether oxygens (including phenoxy) is 1. The zero-order chi connectivity index (χ0) is 25.0. The van der Waals surface area contributed by atoms with Crippen molar-refractivity contribution in [2.24, 2.45) is 0 Å². The van der Waals surface area contributed by atoms with Gasteiger partial charge >= 0.3 is 0 Å². The number of para-hydroxylation sites is 2. The lowest BCUT2D eigenvalue weighted by molar-refractivity contribution is 0.292. The van der Waals surface area contributed by atoms with E-state index in [1.807, 2.05) is 18.2 Å². The molecule has 6 rings (SSSR count). The number of nitrogens with zero attached hydrogens (tertiary/aromatic N) is 3. The fraction of sp³-hybridized carbons (Fsp3) is 0.290. The van der Waals surface area contributed by atoms with E-state index in [9.17, 15) is 0 Å². The predicted molar refractivity (Wildman–Crippen MR) is 151 cm³/mol. The number of benzene rings is 3. The van der Waals surface area contributed by atoms with E-state index < -0.39 is 0 Å². The highest BCUT2D eigenvalue weighted by Crippen LogP contribution is 2.34. The molecule has 5 nitrogen and oxygen atoms in total. The smallest absolute Gasteiger partial charge is 0.196 e. The maximum absolute atomic E-state index is 6.20. The Morgan fingerprint density at radius 2 is 1.65 bits per heavy atom. The number of nitrogens with one attached hydrogen (secondary N) is 1. The maximum atomic E-state index is 6.20. The van der Waals surface area contributed by atoms with E-state index in [1.54, 1.807) is 11.8 Å². The molecule has 5 aromatic rings. The molecule has 1 saturated carbocycles. The van der Waals surface area contributed by atoms with Crippen molar-refractivity contribution in [3.05, 3.63) is 102 Å². The van der Waals surface area contributed by atoms with Crippen LogP contribution in [0.2, 0.25) is 0 Å². The van der Waals surface area contributed by atoms with Gasteiger partial charge in [-0.15, -0.1) is 10.2 Å². The maximum Gasteiger partial charge on any atom is 0.196 e. The van der Waals surface area contributed by atoms with Gasteiger partial charge in [0.25, 0.3) is 0 Å². The van der Waals surface area contributed by atoms with Gasteiger partial charge in [0.2, 0.25) is 0 Å². The normalized spacial score (nSPS) is 14.3. The largest absolute Gasteiger partial charge is 0.486 e. The van der Waals surface area contributed by atoms with Crippen molar-refractivity contribution in [1.29, 1.82) is 0 Å². The van der Waals surface area contributed by atoms with Gasteiger partial charge in [-0.3, -0.25) is 4.57 Å². The number of rotatable bonds is 8. The molecule has 37 heavy (non-hydrogen) atoms. The highest BCUT2D eigenvalue weighted by Gasteiger charge is 2.18. The van der Waals surface area contributed by atoms with Crippen molar-refractivity contribution in [1.82, 2.24) is 19.7 Å². The second-order valence-corrected chi connectivity index (χ2v) is 10.8. The number of aromatic nitrogens is 4. The highest BCUT2D eigenvalue weighted by atomic mass is 32.2. The first kappa shape index (κ1) is 23.9. The van der Waals surface area contributed by atoms with Gasteiger partial charge in [-0.2, -0.15) is 0 Å². The van der Waals surface area contributed by atoms with Crippen LogP contribution in [0.5, 0.6) is 5.75 Å². The Morgan fingerprint density at radius 3 is 2.46 bits per heavy atom. The standard InChI is InChI=1S/C31H32N4OS/c1-22-28(27-14-8-9-15-29(27)32-22)21-37-31-34-33-30(35(31)25-12-6-3-7-13-25)20-36-26-18-16-24(17-19-26)23-10-4-2-5-11-23/h3,6-9,12-19,23,32H,2,4-5,10-11,20-21H2,1H3. The van der Waals surface area contributed by atoms with Crippen molar-refractivity contribution < 1.29 is 4.74 Å². The van der Waals surface area contributed by atoms with Crippen LogP contribution in [0.3, 0.4) is 0 Å². The SMILES string of the molecule is Cc1[nH]c2ccccc2c1CSc1nnc(COc2ccc(C3CCCCC3)cc2)n1-c1ccccc1. The minimum atomic E-state index is 0.358. The number of hydrogen-bond donors (Lipinski definition) is 1. The lowest BCUT2D eigenvalue weighted by Gasteiger charge is -2.22. The van der Waals surface area contributed by atoms with Crippen molar-refractivity contribution >= 4 is 22.7 Å². The molecule has 6 heteroatoms. The Hall–Kier alpha value is -3.51. The van der Waals surface area contributed by atoms with Gasteiger partial charge in [-0.25, -0.2) is 0 Å². The van der Waals surface area contributed by atoms with Crippen molar-refractivity contribution in [2.45, 2.75) is 62.5 Å². The number of hydrogen-bond acceptors (Lipinski definition) is 4. The van der Waals surface area contributed by atoms with Gasteiger partial charge in [-0.05, 0) is 67.1 Å². The first-order valence-corrected chi connectivity index (χ1v) is 14.2. The number of H-pyrrole nitrogens is 1. The summed E-state index contributed by atoms with van der Waals surface area (Å²) in [6, 6.07) is 27.4. The Morgan fingerprint density at radius 1 is 0.892 bits per heavy atom. The van der Waals surface area contributed by atoms with E-state index in [0.29, 0.717) is 12.5 Å². The molecule has 1 fully saturated rings. The fourth-order valence-corrected chi connectivity index (χ4v) is 6.49. The number of aromatic amines is 1. The minimum Gasteiger partial charge on any atom is -0.486 e. The summed E-state index contributed by atoms with van der Waals surface area (Å²) in [5.41, 5.74) is 6.14. The molecule has 188 valence electrons. The monoisotopic (exact) mass is 508 g/mol. The Labute approximate surface area is 222 Å². The Bertz CT molecular complexity index is 1470. The van der Waals surface area contributed by atoms with E-state index in [-0.39, 0.29) is 0 Å². The molecule has 0 bridgehead atoms. The lowest BCUT2D eigenvalue weighted by atomic mass is 9.84. The fourth-order valence-electron chi connectivity index (χ4n) is 5.40. The summed E-state index contributed by atoms with van der Waals surface area (Å²) in [4.78, 5) is 3.50. The van der Waals surface area contributed by atoms with E-state index in [0.717, 1.165) is 28.2 Å². The average Bonchev–Trinajstić information content (AvgIpc) is 3.51. The number of thioether (sulfide) groups is 1. The molecular formula is C31H32N4OS. The summed E-state index contributed by atoms with van der Waals surface area (Å²) >= 11 is 1.70. The van der Waals surface area contributed by atoms with Gasteiger partial charge in [0.1, 0.15) is 12.4 Å². The predicted octanol–water partition coefficient (Wildman–Crippen LogP) is 7.98. The van der Waals surface area contributed by atoms with Crippen LogP contribution in [-0.4, -0.2) is 19.7 Å². The third kappa shape index (κ3) is 5.16. The third-order valence-corrected chi connectivity index (χ3v) is 8.37. The second-order valence-electron chi connectivity index (χ2n) is 9.83. The van der Waals surface area contributed by atoms with Crippen molar-refractivity contribution in [3.8, 4) is 11.4 Å². The molecule has 0 unspecified atom stereocenters.